The van der Waals surface area contributed by atoms with Crippen LogP contribution in [-0.2, 0) is 4.74 Å². The normalized spacial score (nSPS) is 19.1. The lowest BCUT2D eigenvalue weighted by Gasteiger charge is -2.40. The summed E-state index contributed by atoms with van der Waals surface area (Å²) in [5.41, 5.74) is -0.779. The van der Waals surface area contributed by atoms with Gasteiger partial charge in [-0.15, -0.1) is 0 Å². The van der Waals surface area contributed by atoms with E-state index in [2.05, 4.69) is 6.92 Å². The van der Waals surface area contributed by atoms with E-state index in [1.165, 1.54) is 0 Å². The van der Waals surface area contributed by atoms with Crippen molar-refractivity contribution in [3.8, 4) is 0 Å². The third kappa shape index (κ3) is 3.72. The summed E-state index contributed by atoms with van der Waals surface area (Å²) in [6, 6.07) is 0. The smallest absolute Gasteiger partial charge is 0.119 e. The van der Waals surface area contributed by atoms with Crippen LogP contribution in [0.25, 0.3) is 0 Å². The van der Waals surface area contributed by atoms with Crippen molar-refractivity contribution in [1.29, 1.82) is 0 Å². The van der Waals surface area contributed by atoms with E-state index in [0.717, 1.165) is 12.8 Å². The molecular formula is C13H28O3. The first-order chi connectivity index (χ1) is 7.58. The van der Waals surface area contributed by atoms with Gasteiger partial charge in [0.25, 0.3) is 0 Å². The minimum atomic E-state index is -0.779. The second kappa shape index (κ2) is 8.04. The SMILES string of the molecule is CCCCOC(CC)(C(O)CC)C(O)CC. The average molecular weight is 232 g/mol. The van der Waals surface area contributed by atoms with E-state index in [-0.39, 0.29) is 0 Å². The third-order valence-corrected chi connectivity index (χ3v) is 3.32. The molecule has 0 saturated carbocycles. The Morgan fingerprint density at radius 1 is 1.00 bits per heavy atom. The van der Waals surface area contributed by atoms with Gasteiger partial charge in [0.1, 0.15) is 5.60 Å². The van der Waals surface area contributed by atoms with Gasteiger partial charge in [-0.1, -0.05) is 34.1 Å². The van der Waals surface area contributed by atoms with Gasteiger partial charge in [0.15, 0.2) is 0 Å². The fourth-order valence-electron chi connectivity index (χ4n) is 2.09. The van der Waals surface area contributed by atoms with Crippen LogP contribution >= 0.6 is 0 Å². The minimum absolute atomic E-state index is 0.593. The zero-order chi connectivity index (χ0) is 12.6. The standard InChI is InChI=1S/C13H28O3/c1-5-9-10-16-13(8-4,11(14)6-2)12(15)7-3/h11-12,14-15H,5-10H2,1-4H3. The average Bonchev–Trinajstić information content (AvgIpc) is 2.33. The van der Waals surface area contributed by atoms with Gasteiger partial charge < -0.3 is 14.9 Å². The van der Waals surface area contributed by atoms with Crippen LogP contribution in [0.3, 0.4) is 0 Å². The highest BCUT2D eigenvalue weighted by Gasteiger charge is 2.42. The number of hydrogen-bond acceptors (Lipinski definition) is 3. The molecule has 2 N–H and O–H groups in total. The van der Waals surface area contributed by atoms with Crippen LogP contribution in [0.15, 0.2) is 0 Å². The molecule has 0 amide bonds. The second-order valence-electron chi connectivity index (χ2n) is 4.36. The molecule has 0 aromatic heterocycles. The van der Waals surface area contributed by atoms with Crippen LogP contribution < -0.4 is 0 Å². The predicted octanol–water partition coefficient (Wildman–Crippen LogP) is 2.49. The molecule has 3 heteroatoms. The second-order valence-corrected chi connectivity index (χ2v) is 4.36. The van der Waals surface area contributed by atoms with Gasteiger partial charge in [0, 0.05) is 6.61 Å². The summed E-state index contributed by atoms with van der Waals surface area (Å²) in [6.45, 7) is 8.51. The Kier molecular flexibility index (Phi) is 7.98. The van der Waals surface area contributed by atoms with Gasteiger partial charge in [-0.3, -0.25) is 0 Å². The summed E-state index contributed by atoms with van der Waals surface area (Å²) in [4.78, 5) is 0. The van der Waals surface area contributed by atoms with E-state index >= 15 is 0 Å². The Morgan fingerprint density at radius 2 is 1.50 bits per heavy atom. The maximum atomic E-state index is 10.1. The van der Waals surface area contributed by atoms with E-state index in [1.54, 1.807) is 0 Å². The van der Waals surface area contributed by atoms with Gasteiger partial charge in [0.05, 0.1) is 12.2 Å². The minimum Gasteiger partial charge on any atom is -0.390 e. The van der Waals surface area contributed by atoms with Crippen molar-refractivity contribution in [2.24, 2.45) is 0 Å². The number of aliphatic hydroxyl groups is 2. The molecule has 0 aromatic rings. The van der Waals surface area contributed by atoms with Crippen molar-refractivity contribution in [2.75, 3.05) is 6.61 Å². The number of hydrogen-bond donors (Lipinski definition) is 2. The number of aliphatic hydroxyl groups excluding tert-OH is 2. The molecule has 0 aliphatic carbocycles. The number of unbranched alkanes of at least 4 members (excludes halogenated alkanes) is 1. The highest BCUT2D eigenvalue weighted by molar-refractivity contribution is 4.93. The quantitative estimate of drug-likeness (QED) is 0.600. The largest absolute Gasteiger partial charge is 0.390 e. The Hall–Kier alpha value is -0.120. The molecule has 0 saturated heterocycles. The summed E-state index contributed by atoms with van der Waals surface area (Å²) in [5, 5.41) is 20.2. The van der Waals surface area contributed by atoms with E-state index in [9.17, 15) is 10.2 Å². The molecule has 2 unspecified atom stereocenters. The molecule has 0 spiro atoms. The fourth-order valence-corrected chi connectivity index (χ4v) is 2.09. The van der Waals surface area contributed by atoms with Crippen LogP contribution in [0.1, 0.15) is 59.8 Å². The molecule has 16 heavy (non-hydrogen) atoms. The first kappa shape index (κ1) is 15.9. The van der Waals surface area contributed by atoms with E-state index in [4.69, 9.17) is 4.74 Å². The fraction of sp³-hybridized carbons (Fsp3) is 1.00. The van der Waals surface area contributed by atoms with Gasteiger partial charge >= 0.3 is 0 Å². The zero-order valence-electron chi connectivity index (χ0n) is 11.2. The maximum Gasteiger partial charge on any atom is 0.119 e. The molecular weight excluding hydrogens is 204 g/mol. The van der Waals surface area contributed by atoms with Crippen molar-refractivity contribution in [1.82, 2.24) is 0 Å². The molecule has 0 aliphatic rings. The van der Waals surface area contributed by atoms with Crippen LogP contribution in [0.4, 0.5) is 0 Å². The van der Waals surface area contributed by atoms with Crippen LogP contribution in [0.2, 0.25) is 0 Å². The first-order valence-electron chi connectivity index (χ1n) is 6.59. The Bertz CT molecular complexity index is 161. The highest BCUT2D eigenvalue weighted by atomic mass is 16.5. The topological polar surface area (TPSA) is 49.7 Å². The van der Waals surface area contributed by atoms with Crippen LogP contribution in [0.5, 0.6) is 0 Å². The lowest BCUT2D eigenvalue weighted by atomic mass is 9.84. The third-order valence-electron chi connectivity index (χ3n) is 3.32. The van der Waals surface area contributed by atoms with E-state index in [1.807, 2.05) is 20.8 Å². The molecule has 2 atom stereocenters. The molecule has 0 fully saturated rings. The molecule has 0 radical (unpaired) electrons. The van der Waals surface area contributed by atoms with Gasteiger partial charge in [-0.05, 0) is 25.7 Å². The Labute approximate surface area is 99.8 Å². The molecule has 0 rings (SSSR count). The Balaban J connectivity index is 4.67. The molecule has 0 aromatic carbocycles. The monoisotopic (exact) mass is 232 g/mol. The van der Waals surface area contributed by atoms with Gasteiger partial charge in [0.2, 0.25) is 0 Å². The molecule has 0 aliphatic heterocycles. The lowest BCUT2D eigenvalue weighted by molar-refractivity contribution is -0.185. The summed E-state index contributed by atoms with van der Waals surface area (Å²) >= 11 is 0. The van der Waals surface area contributed by atoms with Crippen molar-refractivity contribution in [3.05, 3.63) is 0 Å². The lowest BCUT2D eigenvalue weighted by Crippen LogP contribution is -2.53. The van der Waals surface area contributed by atoms with E-state index in [0.29, 0.717) is 25.9 Å². The molecule has 0 heterocycles. The van der Waals surface area contributed by atoms with Crippen molar-refractivity contribution >= 4 is 0 Å². The highest BCUT2D eigenvalue weighted by Crippen LogP contribution is 2.29. The van der Waals surface area contributed by atoms with Crippen molar-refractivity contribution in [3.63, 3.8) is 0 Å². The summed E-state index contributed by atoms with van der Waals surface area (Å²) in [5.74, 6) is 0. The summed E-state index contributed by atoms with van der Waals surface area (Å²) < 4.78 is 5.82. The number of ether oxygens (including phenoxy) is 1. The van der Waals surface area contributed by atoms with Crippen LogP contribution in [-0.4, -0.2) is 34.6 Å². The summed E-state index contributed by atoms with van der Waals surface area (Å²) in [7, 11) is 0. The Morgan fingerprint density at radius 3 is 1.81 bits per heavy atom. The van der Waals surface area contributed by atoms with Crippen molar-refractivity contribution in [2.45, 2.75) is 77.6 Å². The predicted molar refractivity (Wildman–Crippen MR) is 66.5 cm³/mol. The first-order valence-corrected chi connectivity index (χ1v) is 6.59. The van der Waals surface area contributed by atoms with Gasteiger partial charge in [-0.25, -0.2) is 0 Å². The maximum absolute atomic E-state index is 10.1. The van der Waals surface area contributed by atoms with Crippen LogP contribution in [0, 0.1) is 0 Å². The molecule has 98 valence electrons. The van der Waals surface area contributed by atoms with Crippen molar-refractivity contribution < 1.29 is 14.9 Å². The summed E-state index contributed by atoms with van der Waals surface area (Å²) in [6.07, 6.45) is 2.70. The zero-order valence-corrected chi connectivity index (χ0v) is 11.2. The van der Waals surface area contributed by atoms with E-state index < -0.39 is 17.8 Å². The molecule has 3 nitrogen and oxygen atoms in total. The molecule has 0 bridgehead atoms. The number of rotatable bonds is 9. The van der Waals surface area contributed by atoms with Gasteiger partial charge in [-0.2, -0.15) is 0 Å².